The molecule has 0 aromatic heterocycles. The summed E-state index contributed by atoms with van der Waals surface area (Å²) in [6.07, 6.45) is 11.1. The lowest BCUT2D eigenvalue weighted by Gasteiger charge is -2.41. The van der Waals surface area contributed by atoms with Gasteiger partial charge in [0, 0.05) is 6.04 Å². The number of rotatable bonds is 5. The van der Waals surface area contributed by atoms with Crippen LogP contribution in [-0.4, -0.2) is 19.1 Å². The first-order chi connectivity index (χ1) is 6.85. The van der Waals surface area contributed by atoms with E-state index in [0.717, 1.165) is 12.6 Å². The first kappa shape index (κ1) is 10.4. The molecular weight excluding hydrogens is 172 g/mol. The SMILES string of the molecule is NCC1(CCNC2CCCC2)CCC1. The van der Waals surface area contributed by atoms with Crippen molar-refractivity contribution in [1.29, 1.82) is 0 Å². The minimum atomic E-state index is 0.533. The molecule has 14 heavy (non-hydrogen) atoms. The maximum absolute atomic E-state index is 5.84. The quantitative estimate of drug-likeness (QED) is 0.706. The predicted molar refractivity (Wildman–Crippen MR) is 60.2 cm³/mol. The summed E-state index contributed by atoms with van der Waals surface area (Å²) in [7, 11) is 0. The van der Waals surface area contributed by atoms with E-state index in [1.807, 2.05) is 0 Å². The summed E-state index contributed by atoms with van der Waals surface area (Å²) >= 11 is 0. The summed E-state index contributed by atoms with van der Waals surface area (Å²) in [6.45, 7) is 2.10. The van der Waals surface area contributed by atoms with Crippen molar-refractivity contribution in [3.8, 4) is 0 Å². The zero-order valence-corrected chi connectivity index (χ0v) is 9.23. The van der Waals surface area contributed by atoms with Crippen LogP contribution in [0.3, 0.4) is 0 Å². The van der Waals surface area contributed by atoms with Gasteiger partial charge in [0.25, 0.3) is 0 Å². The third kappa shape index (κ3) is 2.29. The average molecular weight is 196 g/mol. The number of nitrogens with two attached hydrogens (primary N) is 1. The first-order valence-electron chi connectivity index (χ1n) is 6.28. The fraction of sp³-hybridized carbons (Fsp3) is 1.00. The molecule has 0 bridgehead atoms. The van der Waals surface area contributed by atoms with Crippen LogP contribution in [0.5, 0.6) is 0 Å². The summed E-state index contributed by atoms with van der Waals surface area (Å²) in [6, 6.07) is 0.824. The van der Waals surface area contributed by atoms with Crippen molar-refractivity contribution < 1.29 is 0 Å². The Morgan fingerprint density at radius 2 is 1.86 bits per heavy atom. The predicted octanol–water partition coefficient (Wildman–Crippen LogP) is 2.04. The van der Waals surface area contributed by atoms with Crippen LogP contribution in [0.1, 0.15) is 51.4 Å². The van der Waals surface area contributed by atoms with E-state index in [4.69, 9.17) is 5.73 Å². The molecule has 0 unspecified atom stereocenters. The number of nitrogens with one attached hydrogen (secondary N) is 1. The van der Waals surface area contributed by atoms with Gasteiger partial charge in [-0.25, -0.2) is 0 Å². The molecule has 3 N–H and O–H groups in total. The molecule has 0 saturated heterocycles. The molecule has 2 heteroatoms. The number of hydrogen-bond acceptors (Lipinski definition) is 2. The first-order valence-corrected chi connectivity index (χ1v) is 6.28. The Balaban J connectivity index is 1.61. The molecule has 2 aliphatic carbocycles. The van der Waals surface area contributed by atoms with Gasteiger partial charge in [0.05, 0.1) is 0 Å². The Hall–Kier alpha value is -0.0800. The molecule has 0 aromatic carbocycles. The third-order valence-corrected chi connectivity index (χ3v) is 4.29. The van der Waals surface area contributed by atoms with Crippen LogP contribution in [0.2, 0.25) is 0 Å². The molecule has 0 atom stereocenters. The van der Waals surface area contributed by atoms with Gasteiger partial charge in [0.2, 0.25) is 0 Å². The molecule has 0 amide bonds. The van der Waals surface area contributed by atoms with E-state index in [-0.39, 0.29) is 0 Å². The second kappa shape index (κ2) is 4.63. The van der Waals surface area contributed by atoms with Crippen LogP contribution in [0.15, 0.2) is 0 Å². The lowest BCUT2D eigenvalue weighted by Crippen LogP contribution is -2.40. The van der Waals surface area contributed by atoms with Gasteiger partial charge >= 0.3 is 0 Å². The average Bonchev–Trinajstić information content (AvgIpc) is 2.62. The van der Waals surface area contributed by atoms with Crippen LogP contribution in [0.25, 0.3) is 0 Å². The van der Waals surface area contributed by atoms with Crippen molar-refractivity contribution in [2.45, 2.75) is 57.4 Å². The highest BCUT2D eigenvalue weighted by Gasteiger charge is 2.34. The molecule has 0 spiro atoms. The fourth-order valence-corrected chi connectivity index (χ4v) is 2.90. The van der Waals surface area contributed by atoms with E-state index in [0.29, 0.717) is 5.41 Å². The van der Waals surface area contributed by atoms with E-state index in [1.54, 1.807) is 0 Å². The standard InChI is InChI=1S/C12H24N2/c13-10-12(6-3-7-12)8-9-14-11-4-1-2-5-11/h11,14H,1-10,13H2. The highest BCUT2D eigenvalue weighted by atomic mass is 14.9. The lowest BCUT2D eigenvalue weighted by molar-refractivity contribution is 0.129. The molecule has 2 rings (SSSR count). The topological polar surface area (TPSA) is 38.0 Å². The van der Waals surface area contributed by atoms with Gasteiger partial charge in [-0.1, -0.05) is 19.3 Å². The molecule has 0 aromatic rings. The molecule has 0 radical (unpaired) electrons. The van der Waals surface area contributed by atoms with E-state index in [1.165, 1.54) is 57.9 Å². The minimum absolute atomic E-state index is 0.533. The van der Waals surface area contributed by atoms with Gasteiger partial charge in [-0.15, -0.1) is 0 Å². The maximum Gasteiger partial charge on any atom is 0.00670 e. The summed E-state index contributed by atoms with van der Waals surface area (Å²) in [4.78, 5) is 0. The van der Waals surface area contributed by atoms with Crippen LogP contribution >= 0.6 is 0 Å². The van der Waals surface area contributed by atoms with Crippen LogP contribution < -0.4 is 11.1 Å². The highest BCUT2D eigenvalue weighted by molar-refractivity contribution is 4.89. The van der Waals surface area contributed by atoms with E-state index in [9.17, 15) is 0 Å². The molecule has 2 fully saturated rings. The van der Waals surface area contributed by atoms with Crippen molar-refractivity contribution in [1.82, 2.24) is 5.32 Å². The van der Waals surface area contributed by atoms with E-state index >= 15 is 0 Å². The monoisotopic (exact) mass is 196 g/mol. The Bertz CT molecular complexity index is 164. The Labute approximate surface area is 87.6 Å². The summed E-state index contributed by atoms with van der Waals surface area (Å²) in [5.41, 5.74) is 6.37. The molecule has 82 valence electrons. The smallest absolute Gasteiger partial charge is 0.00670 e. The number of hydrogen-bond donors (Lipinski definition) is 2. The zero-order valence-electron chi connectivity index (χ0n) is 9.23. The zero-order chi connectivity index (χ0) is 9.86. The molecule has 2 nitrogen and oxygen atoms in total. The van der Waals surface area contributed by atoms with Gasteiger partial charge in [-0.3, -0.25) is 0 Å². The second-order valence-corrected chi connectivity index (χ2v) is 5.24. The van der Waals surface area contributed by atoms with E-state index < -0.39 is 0 Å². The fourth-order valence-electron chi connectivity index (χ4n) is 2.90. The van der Waals surface area contributed by atoms with Crippen LogP contribution in [-0.2, 0) is 0 Å². The minimum Gasteiger partial charge on any atom is -0.330 e. The Kier molecular flexibility index (Phi) is 3.45. The van der Waals surface area contributed by atoms with Crippen molar-refractivity contribution in [2.24, 2.45) is 11.1 Å². The van der Waals surface area contributed by atoms with Gasteiger partial charge in [0.1, 0.15) is 0 Å². The summed E-state index contributed by atoms with van der Waals surface area (Å²) in [5.74, 6) is 0. The van der Waals surface area contributed by atoms with Gasteiger partial charge in [-0.05, 0) is 50.6 Å². The van der Waals surface area contributed by atoms with E-state index in [2.05, 4.69) is 5.32 Å². The van der Waals surface area contributed by atoms with Gasteiger partial charge in [-0.2, -0.15) is 0 Å². The summed E-state index contributed by atoms with van der Waals surface area (Å²) in [5, 5.41) is 3.68. The molecule has 2 saturated carbocycles. The van der Waals surface area contributed by atoms with Crippen molar-refractivity contribution in [2.75, 3.05) is 13.1 Å². The van der Waals surface area contributed by atoms with Gasteiger partial charge < -0.3 is 11.1 Å². The summed E-state index contributed by atoms with van der Waals surface area (Å²) < 4.78 is 0. The third-order valence-electron chi connectivity index (χ3n) is 4.29. The largest absolute Gasteiger partial charge is 0.330 e. The highest BCUT2D eigenvalue weighted by Crippen LogP contribution is 2.42. The molecule has 2 aliphatic rings. The molecule has 0 heterocycles. The lowest BCUT2D eigenvalue weighted by atomic mass is 9.67. The van der Waals surface area contributed by atoms with Crippen LogP contribution in [0.4, 0.5) is 0 Å². The normalized spacial score (nSPS) is 26.4. The van der Waals surface area contributed by atoms with Crippen LogP contribution in [0, 0.1) is 5.41 Å². The van der Waals surface area contributed by atoms with Gasteiger partial charge in [0.15, 0.2) is 0 Å². The molecule has 0 aliphatic heterocycles. The Morgan fingerprint density at radius 3 is 2.36 bits per heavy atom. The van der Waals surface area contributed by atoms with Crippen molar-refractivity contribution >= 4 is 0 Å². The second-order valence-electron chi connectivity index (χ2n) is 5.24. The maximum atomic E-state index is 5.84. The van der Waals surface area contributed by atoms with Crippen molar-refractivity contribution in [3.63, 3.8) is 0 Å². The molecular formula is C12H24N2. The van der Waals surface area contributed by atoms with Crippen molar-refractivity contribution in [3.05, 3.63) is 0 Å². The Morgan fingerprint density at radius 1 is 1.14 bits per heavy atom.